The number of nitrogens with two attached hydrogens (primary N) is 1. The van der Waals surface area contributed by atoms with Crippen LogP contribution in [-0.2, 0) is 46.4 Å². The zero-order valence-electron chi connectivity index (χ0n) is 33.9. The molecule has 6 amide bonds. The molecule has 1 saturated heterocycles. The van der Waals surface area contributed by atoms with E-state index < -0.39 is 90.3 Å². The highest BCUT2D eigenvalue weighted by molar-refractivity contribution is 7.80. The number of hydrogen-bond donors (Lipinski definition) is 10. The monoisotopic (exact) mass is 841 g/mol. The van der Waals surface area contributed by atoms with Gasteiger partial charge in [0, 0.05) is 25.1 Å². The standard InChI is InChI=1S/C41H59N7O10S/c1-23(2)17-28(42)35(51)43-29(18-24(3)4)36(52)44-30(19-26-12-14-27(50)15-13-26)37(53)46-32(21-49)40(56)48-16-8-11-34(48)39(55)47-33(22-59)38(54)45-31(41(57)58)20-25-9-6-5-7-10-25/h5-7,9-10,12-15,23-24,28-34,49-50,59H,8,11,16-22,42H2,1-4H3,(H,43,51)(H,44,52)(H,45,54)(H,46,53)(H,47,55)(H,57,58). The number of carbonyl (C=O) groups excluding carboxylic acids is 6. The van der Waals surface area contributed by atoms with Crippen molar-refractivity contribution >= 4 is 54.0 Å². The van der Waals surface area contributed by atoms with Crippen LogP contribution < -0.4 is 32.3 Å². The Morgan fingerprint density at radius 3 is 1.81 bits per heavy atom. The number of rotatable bonds is 22. The first-order valence-electron chi connectivity index (χ1n) is 19.8. The number of carbonyl (C=O) groups is 7. The van der Waals surface area contributed by atoms with Crippen molar-refractivity contribution in [2.45, 2.75) is 109 Å². The van der Waals surface area contributed by atoms with Gasteiger partial charge in [0.1, 0.15) is 42.0 Å². The molecule has 1 aliphatic rings. The molecule has 17 nitrogen and oxygen atoms in total. The van der Waals surface area contributed by atoms with Crippen molar-refractivity contribution in [1.82, 2.24) is 31.5 Å². The summed E-state index contributed by atoms with van der Waals surface area (Å²) in [6.07, 6.45) is 1.08. The average molecular weight is 842 g/mol. The Hall–Kier alpha value is -5.20. The molecule has 10 N–H and O–H groups in total. The van der Waals surface area contributed by atoms with Gasteiger partial charge in [-0.25, -0.2) is 4.79 Å². The lowest BCUT2D eigenvalue weighted by atomic mass is 9.99. The number of aliphatic hydroxyl groups excluding tert-OH is 1. The van der Waals surface area contributed by atoms with Crippen LogP contribution in [0.5, 0.6) is 5.75 Å². The molecule has 1 fully saturated rings. The quantitative estimate of drug-likeness (QED) is 0.0707. The van der Waals surface area contributed by atoms with Gasteiger partial charge in [0.15, 0.2) is 0 Å². The van der Waals surface area contributed by atoms with Gasteiger partial charge in [-0.2, -0.15) is 12.6 Å². The fourth-order valence-corrected chi connectivity index (χ4v) is 6.95. The van der Waals surface area contributed by atoms with Crippen LogP contribution in [0.25, 0.3) is 0 Å². The fraction of sp³-hybridized carbons (Fsp3) is 0.537. The first-order valence-corrected chi connectivity index (χ1v) is 20.4. The van der Waals surface area contributed by atoms with Crippen molar-refractivity contribution < 1.29 is 48.9 Å². The van der Waals surface area contributed by atoms with Crippen molar-refractivity contribution in [3.8, 4) is 5.75 Å². The number of hydrogen-bond acceptors (Lipinski definition) is 11. The number of phenolic OH excluding ortho intramolecular Hbond substituents is 1. The van der Waals surface area contributed by atoms with E-state index in [1.165, 1.54) is 17.0 Å². The Morgan fingerprint density at radius 1 is 0.712 bits per heavy atom. The summed E-state index contributed by atoms with van der Waals surface area (Å²) >= 11 is 4.19. The highest BCUT2D eigenvalue weighted by Gasteiger charge is 2.40. The summed E-state index contributed by atoms with van der Waals surface area (Å²) in [5.74, 6) is -5.76. The molecule has 18 heteroatoms. The largest absolute Gasteiger partial charge is 0.508 e. The summed E-state index contributed by atoms with van der Waals surface area (Å²) in [4.78, 5) is 94.4. The molecule has 0 aromatic heterocycles. The summed E-state index contributed by atoms with van der Waals surface area (Å²) in [7, 11) is 0. The Morgan fingerprint density at radius 2 is 1.24 bits per heavy atom. The van der Waals surface area contributed by atoms with Gasteiger partial charge in [-0.05, 0) is 60.8 Å². The molecule has 0 radical (unpaired) electrons. The van der Waals surface area contributed by atoms with Crippen molar-refractivity contribution in [1.29, 1.82) is 0 Å². The zero-order valence-corrected chi connectivity index (χ0v) is 34.8. The molecule has 59 heavy (non-hydrogen) atoms. The highest BCUT2D eigenvalue weighted by atomic mass is 32.1. The number of carboxylic acids is 1. The van der Waals surface area contributed by atoms with Gasteiger partial charge in [-0.1, -0.05) is 70.2 Å². The lowest BCUT2D eigenvalue weighted by molar-refractivity contribution is -0.144. The molecule has 3 rings (SSSR count). The first-order chi connectivity index (χ1) is 27.9. The number of amides is 6. The van der Waals surface area contributed by atoms with Crippen LogP contribution in [0.4, 0.5) is 0 Å². The van der Waals surface area contributed by atoms with Crippen molar-refractivity contribution in [2.24, 2.45) is 17.6 Å². The molecule has 0 aliphatic carbocycles. The van der Waals surface area contributed by atoms with Gasteiger partial charge in [-0.15, -0.1) is 0 Å². The van der Waals surface area contributed by atoms with Crippen LogP contribution in [0, 0.1) is 11.8 Å². The van der Waals surface area contributed by atoms with E-state index in [1.807, 2.05) is 27.7 Å². The second kappa shape index (κ2) is 23.4. The number of nitrogens with one attached hydrogen (secondary N) is 5. The molecule has 0 spiro atoms. The Balaban J connectivity index is 1.76. The first kappa shape index (κ1) is 48.2. The summed E-state index contributed by atoms with van der Waals surface area (Å²) in [5, 5.41) is 42.8. The molecule has 324 valence electrons. The SMILES string of the molecule is CC(C)CC(N)C(=O)NC(CC(C)C)C(=O)NC(Cc1ccc(O)cc1)C(=O)NC(CO)C(=O)N1CCCC1C(=O)NC(CS)C(=O)NC(Cc1ccccc1)C(=O)O. The third kappa shape index (κ3) is 15.2. The van der Waals surface area contributed by atoms with Crippen LogP contribution >= 0.6 is 12.6 Å². The molecule has 7 atom stereocenters. The third-order valence-corrected chi connectivity index (χ3v) is 10.1. The Bertz CT molecular complexity index is 1750. The zero-order chi connectivity index (χ0) is 43.8. The number of aliphatic carboxylic acids is 1. The summed E-state index contributed by atoms with van der Waals surface area (Å²) in [5.41, 5.74) is 7.29. The molecule has 0 saturated carbocycles. The van der Waals surface area contributed by atoms with Crippen molar-refractivity contribution in [2.75, 3.05) is 18.9 Å². The molecule has 0 bridgehead atoms. The van der Waals surface area contributed by atoms with Crippen molar-refractivity contribution in [3.05, 3.63) is 65.7 Å². The van der Waals surface area contributed by atoms with Crippen LogP contribution in [-0.4, -0.2) is 123 Å². The molecular weight excluding hydrogens is 783 g/mol. The van der Waals surface area contributed by atoms with E-state index in [0.717, 1.165) is 0 Å². The second-order valence-corrected chi connectivity index (χ2v) is 16.0. The molecule has 1 aliphatic heterocycles. The van der Waals surface area contributed by atoms with Crippen LogP contribution in [0.1, 0.15) is 64.5 Å². The third-order valence-electron chi connectivity index (χ3n) is 9.76. The maximum Gasteiger partial charge on any atom is 0.326 e. The van der Waals surface area contributed by atoms with Gasteiger partial charge in [0.05, 0.1) is 12.6 Å². The maximum absolute atomic E-state index is 13.9. The van der Waals surface area contributed by atoms with Gasteiger partial charge < -0.3 is 52.5 Å². The molecule has 1 heterocycles. The van der Waals surface area contributed by atoms with Gasteiger partial charge in [-0.3, -0.25) is 28.8 Å². The number of aromatic hydroxyl groups is 1. The maximum atomic E-state index is 13.9. The fourth-order valence-electron chi connectivity index (χ4n) is 6.69. The van der Waals surface area contributed by atoms with Gasteiger partial charge in [0.25, 0.3) is 0 Å². The van der Waals surface area contributed by atoms with E-state index >= 15 is 0 Å². The molecule has 2 aromatic rings. The minimum atomic E-state index is -1.55. The Labute approximate surface area is 350 Å². The number of likely N-dealkylation sites (tertiary alicyclic amines) is 1. The van der Waals surface area contributed by atoms with E-state index in [0.29, 0.717) is 24.0 Å². The van der Waals surface area contributed by atoms with Crippen LogP contribution in [0.15, 0.2) is 54.6 Å². The van der Waals surface area contributed by atoms with E-state index in [-0.39, 0.29) is 55.6 Å². The number of benzene rings is 2. The van der Waals surface area contributed by atoms with Crippen LogP contribution in [0.3, 0.4) is 0 Å². The number of carboxylic acid groups (broad SMARTS) is 1. The summed E-state index contributed by atoms with van der Waals surface area (Å²) in [6, 6.07) is 6.14. The second-order valence-electron chi connectivity index (χ2n) is 15.6. The predicted octanol–water partition coefficient (Wildman–Crippen LogP) is 0.0186. The highest BCUT2D eigenvalue weighted by Crippen LogP contribution is 2.20. The number of thiol groups is 1. The van der Waals surface area contributed by atoms with E-state index in [2.05, 4.69) is 39.2 Å². The Kier molecular flexibility index (Phi) is 19.1. The number of aliphatic hydroxyl groups is 1. The lowest BCUT2D eigenvalue weighted by Gasteiger charge is -2.30. The lowest BCUT2D eigenvalue weighted by Crippen LogP contribution is -2.60. The molecule has 2 aromatic carbocycles. The summed E-state index contributed by atoms with van der Waals surface area (Å²) < 4.78 is 0. The topological polar surface area (TPSA) is 270 Å². The summed E-state index contributed by atoms with van der Waals surface area (Å²) in [6.45, 7) is 6.76. The van der Waals surface area contributed by atoms with E-state index in [1.54, 1.807) is 42.5 Å². The van der Waals surface area contributed by atoms with Crippen molar-refractivity contribution in [3.63, 3.8) is 0 Å². The number of nitrogens with zero attached hydrogens (tertiary/aromatic N) is 1. The van der Waals surface area contributed by atoms with Gasteiger partial charge >= 0.3 is 5.97 Å². The van der Waals surface area contributed by atoms with Crippen LogP contribution in [0.2, 0.25) is 0 Å². The molecule has 7 unspecified atom stereocenters. The van der Waals surface area contributed by atoms with E-state index in [4.69, 9.17) is 5.73 Å². The normalized spacial score (nSPS) is 16.9. The minimum absolute atomic E-state index is 0.00393. The minimum Gasteiger partial charge on any atom is -0.508 e. The average Bonchev–Trinajstić information content (AvgIpc) is 3.69. The predicted molar refractivity (Wildman–Crippen MR) is 222 cm³/mol. The smallest absolute Gasteiger partial charge is 0.326 e. The number of phenols is 1. The van der Waals surface area contributed by atoms with Gasteiger partial charge in [0.2, 0.25) is 35.4 Å². The van der Waals surface area contributed by atoms with E-state index in [9.17, 15) is 48.9 Å². The molecular formula is C41H59N7O10S.